The summed E-state index contributed by atoms with van der Waals surface area (Å²) in [5.41, 5.74) is 10.9. The van der Waals surface area contributed by atoms with Crippen LogP contribution in [0.15, 0.2) is 164 Å². The van der Waals surface area contributed by atoms with Crippen molar-refractivity contribution in [1.29, 1.82) is 0 Å². The second-order valence-corrected chi connectivity index (χ2v) is 12.6. The molecule has 0 spiro atoms. The number of hydrogen-bond acceptors (Lipinski definition) is 1. The summed E-state index contributed by atoms with van der Waals surface area (Å²) >= 11 is 0. The number of anilines is 3. The monoisotopic (exact) mass is 599 g/mol. The van der Waals surface area contributed by atoms with Gasteiger partial charge in [-0.1, -0.05) is 133 Å². The van der Waals surface area contributed by atoms with E-state index in [-0.39, 0.29) is 0 Å². The van der Waals surface area contributed by atoms with E-state index in [1.165, 1.54) is 82.2 Å². The van der Waals surface area contributed by atoms with Gasteiger partial charge in [-0.25, -0.2) is 0 Å². The summed E-state index contributed by atoms with van der Waals surface area (Å²) in [5.74, 6) is 0. The van der Waals surface area contributed by atoms with Crippen molar-refractivity contribution in [3.05, 3.63) is 175 Å². The van der Waals surface area contributed by atoms with Crippen LogP contribution >= 0.6 is 0 Å². The molecule has 1 heteroatoms. The zero-order valence-electron chi connectivity index (χ0n) is 26.5. The molecule has 0 heterocycles. The molecular weight excluding hydrogens is 567 g/mol. The van der Waals surface area contributed by atoms with Crippen molar-refractivity contribution in [3.63, 3.8) is 0 Å². The van der Waals surface area contributed by atoms with Gasteiger partial charge >= 0.3 is 0 Å². The third kappa shape index (κ3) is 4.39. The fourth-order valence-corrected chi connectivity index (χ4v) is 7.65. The second kappa shape index (κ2) is 10.9. The predicted molar refractivity (Wildman–Crippen MR) is 203 cm³/mol. The molecule has 0 saturated heterocycles. The first kappa shape index (κ1) is 27.4. The molecule has 222 valence electrons. The minimum Gasteiger partial charge on any atom is -0.310 e. The van der Waals surface area contributed by atoms with Crippen LogP contribution in [0.3, 0.4) is 0 Å². The van der Waals surface area contributed by atoms with Crippen molar-refractivity contribution in [2.75, 3.05) is 4.90 Å². The lowest BCUT2D eigenvalue weighted by atomic mass is 9.86. The lowest BCUT2D eigenvalue weighted by Gasteiger charge is -2.28. The highest BCUT2D eigenvalue weighted by molar-refractivity contribution is 6.34. The van der Waals surface area contributed by atoms with E-state index < -0.39 is 0 Å². The van der Waals surface area contributed by atoms with Crippen LogP contribution in [-0.4, -0.2) is 0 Å². The first-order valence-corrected chi connectivity index (χ1v) is 16.4. The maximum Gasteiger partial charge on any atom is 0.0540 e. The van der Waals surface area contributed by atoms with Gasteiger partial charge in [0.25, 0.3) is 0 Å². The quantitative estimate of drug-likeness (QED) is 0.140. The van der Waals surface area contributed by atoms with Crippen LogP contribution in [0, 0.1) is 13.8 Å². The van der Waals surface area contributed by atoms with Crippen molar-refractivity contribution in [1.82, 2.24) is 0 Å². The summed E-state index contributed by atoms with van der Waals surface area (Å²) in [6.45, 7) is 4.47. The molecule has 0 saturated carbocycles. The molecular formula is C46H33N. The van der Waals surface area contributed by atoms with Gasteiger partial charge in [0.15, 0.2) is 0 Å². The Kier molecular flexibility index (Phi) is 6.33. The highest BCUT2D eigenvalue weighted by Gasteiger charge is 2.20. The van der Waals surface area contributed by atoms with E-state index in [9.17, 15) is 0 Å². The maximum absolute atomic E-state index is 2.42. The van der Waals surface area contributed by atoms with Crippen LogP contribution in [-0.2, 0) is 0 Å². The minimum absolute atomic E-state index is 1.13. The van der Waals surface area contributed by atoms with Crippen molar-refractivity contribution in [2.24, 2.45) is 0 Å². The molecule has 0 atom stereocenters. The summed E-state index contributed by atoms with van der Waals surface area (Å²) in [6.07, 6.45) is 0. The van der Waals surface area contributed by atoms with Crippen molar-refractivity contribution in [3.8, 4) is 22.3 Å². The van der Waals surface area contributed by atoms with Gasteiger partial charge in [0.05, 0.1) is 5.69 Å². The molecule has 0 amide bonds. The number of hydrogen-bond donors (Lipinski definition) is 0. The lowest BCUT2D eigenvalue weighted by molar-refractivity contribution is 1.30. The minimum atomic E-state index is 1.13. The molecule has 47 heavy (non-hydrogen) atoms. The molecule has 9 aromatic carbocycles. The molecule has 1 nitrogen and oxygen atoms in total. The third-order valence-corrected chi connectivity index (χ3v) is 9.88. The van der Waals surface area contributed by atoms with Gasteiger partial charge in [0.2, 0.25) is 0 Å². The Labute approximate surface area is 275 Å². The normalized spacial score (nSPS) is 11.6. The van der Waals surface area contributed by atoms with E-state index in [1.54, 1.807) is 0 Å². The number of aryl methyl sites for hydroxylation is 2. The fourth-order valence-electron chi connectivity index (χ4n) is 7.65. The van der Waals surface area contributed by atoms with Gasteiger partial charge in [-0.2, -0.15) is 0 Å². The Morgan fingerprint density at radius 3 is 1.26 bits per heavy atom. The zero-order valence-corrected chi connectivity index (χ0v) is 26.5. The number of benzene rings is 9. The van der Waals surface area contributed by atoms with Crippen LogP contribution < -0.4 is 4.90 Å². The maximum atomic E-state index is 2.42. The summed E-state index contributed by atoms with van der Waals surface area (Å²) in [5, 5.41) is 10.6. The summed E-state index contributed by atoms with van der Waals surface area (Å²) in [7, 11) is 0. The number of fused-ring (bicyclic) bond motifs is 2. The Morgan fingerprint density at radius 1 is 0.298 bits per heavy atom. The number of rotatable bonds is 5. The Morgan fingerprint density at radius 2 is 0.723 bits per heavy atom. The molecule has 0 aromatic heterocycles. The average molecular weight is 600 g/mol. The van der Waals surface area contributed by atoms with Crippen molar-refractivity contribution < 1.29 is 0 Å². The van der Waals surface area contributed by atoms with Crippen LogP contribution in [0.1, 0.15) is 11.1 Å². The molecule has 0 bridgehead atoms. The molecule has 0 radical (unpaired) electrons. The molecule has 0 fully saturated rings. The molecule has 9 aromatic rings. The average Bonchev–Trinajstić information content (AvgIpc) is 3.13. The van der Waals surface area contributed by atoms with Crippen LogP contribution in [0.5, 0.6) is 0 Å². The van der Waals surface area contributed by atoms with E-state index in [1.807, 2.05) is 0 Å². The van der Waals surface area contributed by atoms with Crippen molar-refractivity contribution >= 4 is 60.2 Å². The molecule has 9 rings (SSSR count). The summed E-state index contributed by atoms with van der Waals surface area (Å²) < 4.78 is 0. The van der Waals surface area contributed by atoms with Gasteiger partial charge in [-0.15, -0.1) is 0 Å². The zero-order chi connectivity index (χ0) is 31.5. The predicted octanol–water partition coefficient (Wildman–Crippen LogP) is 13.2. The summed E-state index contributed by atoms with van der Waals surface area (Å²) in [4.78, 5) is 2.42. The SMILES string of the molecule is Cc1ccc2c3cccc4c(N(c5ccc(-c6ccccc6)cc5)c5ccc(-c6ccccc6)cc5)ccc(c5ccc(C)c1c25)c43. The Hall–Kier alpha value is -5.92. The van der Waals surface area contributed by atoms with Gasteiger partial charge < -0.3 is 4.90 Å². The Balaban J connectivity index is 1.29. The highest BCUT2D eigenvalue weighted by Crippen LogP contribution is 2.47. The fraction of sp³-hybridized carbons (Fsp3) is 0.0435. The van der Waals surface area contributed by atoms with Gasteiger partial charge in [0, 0.05) is 16.8 Å². The molecule has 0 aliphatic carbocycles. The van der Waals surface area contributed by atoms with E-state index in [0.717, 1.165) is 11.4 Å². The van der Waals surface area contributed by atoms with Crippen molar-refractivity contribution in [2.45, 2.75) is 13.8 Å². The van der Waals surface area contributed by atoms with E-state index in [2.05, 4.69) is 183 Å². The van der Waals surface area contributed by atoms with E-state index in [0.29, 0.717) is 0 Å². The highest BCUT2D eigenvalue weighted by atomic mass is 15.1. The standard InChI is InChI=1S/C46H33N/c1-30-16-26-40-38-14-9-15-42-43(29-28-39(45(38)42)41-27-17-31(2)44(30)46(40)41)47(36-22-18-34(19-23-36)32-10-5-3-6-11-32)37-24-20-35(21-25-37)33-12-7-4-8-13-33/h3-29H,1-2H3. The van der Waals surface area contributed by atoms with Crippen LogP contribution in [0.2, 0.25) is 0 Å². The lowest BCUT2D eigenvalue weighted by Crippen LogP contribution is -2.10. The topological polar surface area (TPSA) is 3.24 Å². The summed E-state index contributed by atoms with van der Waals surface area (Å²) in [6, 6.07) is 59.9. The molecule has 0 unspecified atom stereocenters. The van der Waals surface area contributed by atoms with Gasteiger partial charge in [-0.3, -0.25) is 0 Å². The van der Waals surface area contributed by atoms with E-state index >= 15 is 0 Å². The van der Waals surface area contributed by atoms with Crippen LogP contribution in [0.25, 0.3) is 65.3 Å². The van der Waals surface area contributed by atoms with Crippen LogP contribution in [0.4, 0.5) is 17.1 Å². The smallest absolute Gasteiger partial charge is 0.0540 e. The molecule has 0 aliphatic rings. The first-order chi connectivity index (χ1) is 23.2. The Bertz CT molecular complexity index is 2410. The molecule has 0 aliphatic heterocycles. The molecule has 0 N–H and O–H groups in total. The van der Waals surface area contributed by atoms with E-state index in [4.69, 9.17) is 0 Å². The largest absolute Gasteiger partial charge is 0.310 e. The number of nitrogens with zero attached hydrogens (tertiary/aromatic N) is 1. The second-order valence-electron chi connectivity index (χ2n) is 12.6. The van der Waals surface area contributed by atoms with Gasteiger partial charge in [-0.05, 0) is 115 Å². The van der Waals surface area contributed by atoms with Gasteiger partial charge in [0.1, 0.15) is 0 Å². The third-order valence-electron chi connectivity index (χ3n) is 9.88. The first-order valence-electron chi connectivity index (χ1n) is 16.4.